The highest BCUT2D eigenvalue weighted by atomic mass is 14.6. The smallest absolute Gasteiger partial charge is 0.0113 e. The lowest BCUT2D eigenvalue weighted by Crippen LogP contribution is -1.99. The zero-order valence-corrected chi connectivity index (χ0v) is 6.30. The van der Waals surface area contributed by atoms with Gasteiger partial charge in [-0.3, -0.25) is 0 Å². The van der Waals surface area contributed by atoms with Crippen molar-refractivity contribution in [1.82, 2.24) is 0 Å². The van der Waals surface area contributed by atoms with Crippen molar-refractivity contribution in [2.75, 3.05) is 0 Å². The first-order valence-electron chi connectivity index (χ1n) is 3.59. The first kappa shape index (κ1) is 7.13. The fraction of sp³-hybridized carbons (Fsp3) is 0.333. The SMILES string of the molecule is CC1=C(N)CCC=CC=C1. The van der Waals surface area contributed by atoms with Gasteiger partial charge in [0.15, 0.2) is 0 Å². The van der Waals surface area contributed by atoms with Crippen LogP contribution in [0.2, 0.25) is 0 Å². The molecule has 0 spiro atoms. The average molecular weight is 135 g/mol. The molecular formula is C9H13N. The predicted octanol–water partition coefficient (Wildman–Crippen LogP) is 2.13. The van der Waals surface area contributed by atoms with E-state index in [0.717, 1.165) is 18.5 Å². The molecule has 0 bridgehead atoms. The minimum atomic E-state index is 0.993. The molecule has 2 N–H and O–H groups in total. The van der Waals surface area contributed by atoms with E-state index in [0.29, 0.717) is 0 Å². The third kappa shape index (κ3) is 1.76. The molecule has 0 atom stereocenters. The van der Waals surface area contributed by atoms with Gasteiger partial charge in [0.05, 0.1) is 0 Å². The van der Waals surface area contributed by atoms with Crippen molar-refractivity contribution in [1.29, 1.82) is 0 Å². The molecule has 0 heterocycles. The van der Waals surface area contributed by atoms with Crippen LogP contribution in [0.4, 0.5) is 0 Å². The highest BCUT2D eigenvalue weighted by molar-refractivity contribution is 5.26. The number of hydrogen-bond donors (Lipinski definition) is 1. The minimum absolute atomic E-state index is 0.993. The van der Waals surface area contributed by atoms with Gasteiger partial charge in [-0.2, -0.15) is 0 Å². The monoisotopic (exact) mass is 135 g/mol. The maximum Gasteiger partial charge on any atom is 0.0113 e. The molecule has 1 heteroatoms. The van der Waals surface area contributed by atoms with Crippen LogP contribution in [0.1, 0.15) is 19.8 Å². The van der Waals surface area contributed by atoms with E-state index in [1.54, 1.807) is 0 Å². The minimum Gasteiger partial charge on any atom is -0.402 e. The molecule has 0 aromatic carbocycles. The summed E-state index contributed by atoms with van der Waals surface area (Å²) in [5, 5.41) is 0. The number of allylic oxidation sites excluding steroid dienone is 6. The van der Waals surface area contributed by atoms with Crippen molar-refractivity contribution in [3.05, 3.63) is 35.6 Å². The Hall–Kier alpha value is -0.980. The average Bonchev–Trinajstić information content (AvgIpc) is 1.92. The van der Waals surface area contributed by atoms with Crippen LogP contribution in [0.3, 0.4) is 0 Å². The molecule has 1 rings (SSSR count). The fourth-order valence-corrected chi connectivity index (χ4v) is 0.918. The van der Waals surface area contributed by atoms with E-state index in [2.05, 4.69) is 12.2 Å². The summed E-state index contributed by atoms with van der Waals surface area (Å²) in [6.07, 6.45) is 10.3. The molecular weight excluding hydrogens is 122 g/mol. The molecule has 1 nitrogen and oxygen atoms in total. The van der Waals surface area contributed by atoms with Gasteiger partial charge in [-0.05, 0) is 25.3 Å². The molecule has 0 saturated carbocycles. The summed E-state index contributed by atoms with van der Waals surface area (Å²) in [7, 11) is 0. The summed E-state index contributed by atoms with van der Waals surface area (Å²) in [5.41, 5.74) is 7.96. The Bertz CT molecular complexity index is 197. The second-order valence-corrected chi connectivity index (χ2v) is 2.53. The second kappa shape index (κ2) is 3.25. The lowest BCUT2D eigenvalue weighted by Gasteiger charge is -2.03. The van der Waals surface area contributed by atoms with Gasteiger partial charge in [-0.25, -0.2) is 0 Å². The molecule has 1 aliphatic carbocycles. The first-order chi connectivity index (χ1) is 4.80. The highest BCUT2D eigenvalue weighted by Crippen LogP contribution is 2.09. The summed E-state index contributed by atoms with van der Waals surface area (Å²) < 4.78 is 0. The van der Waals surface area contributed by atoms with Gasteiger partial charge in [0.25, 0.3) is 0 Å². The van der Waals surface area contributed by atoms with Gasteiger partial charge in [0, 0.05) is 5.70 Å². The van der Waals surface area contributed by atoms with Crippen molar-refractivity contribution in [2.24, 2.45) is 5.73 Å². The Labute approximate surface area is 61.9 Å². The molecule has 0 aliphatic heterocycles. The zero-order chi connectivity index (χ0) is 7.40. The van der Waals surface area contributed by atoms with Crippen molar-refractivity contribution >= 4 is 0 Å². The van der Waals surface area contributed by atoms with E-state index >= 15 is 0 Å². The lowest BCUT2D eigenvalue weighted by molar-refractivity contribution is 0.941. The van der Waals surface area contributed by atoms with Gasteiger partial charge in [0.1, 0.15) is 0 Å². The Morgan fingerprint density at radius 3 is 3.00 bits per heavy atom. The quantitative estimate of drug-likeness (QED) is 0.541. The normalized spacial score (nSPS) is 18.9. The van der Waals surface area contributed by atoms with E-state index in [-0.39, 0.29) is 0 Å². The van der Waals surface area contributed by atoms with Crippen LogP contribution in [-0.2, 0) is 0 Å². The second-order valence-electron chi connectivity index (χ2n) is 2.53. The van der Waals surface area contributed by atoms with Crippen LogP contribution in [0.25, 0.3) is 0 Å². The van der Waals surface area contributed by atoms with Crippen LogP contribution in [0.15, 0.2) is 35.6 Å². The zero-order valence-electron chi connectivity index (χ0n) is 6.30. The molecule has 1 aliphatic rings. The topological polar surface area (TPSA) is 26.0 Å². The maximum absolute atomic E-state index is 5.74. The predicted molar refractivity (Wildman–Crippen MR) is 44.4 cm³/mol. The van der Waals surface area contributed by atoms with E-state index in [4.69, 9.17) is 5.73 Å². The van der Waals surface area contributed by atoms with E-state index in [1.165, 1.54) is 5.57 Å². The molecule has 0 saturated heterocycles. The van der Waals surface area contributed by atoms with Crippen LogP contribution in [0, 0.1) is 0 Å². The number of rotatable bonds is 0. The van der Waals surface area contributed by atoms with Gasteiger partial charge in [-0.1, -0.05) is 24.3 Å². The summed E-state index contributed by atoms with van der Waals surface area (Å²) in [6, 6.07) is 0. The third-order valence-corrected chi connectivity index (χ3v) is 1.68. The van der Waals surface area contributed by atoms with Crippen LogP contribution < -0.4 is 5.73 Å². The van der Waals surface area contributed by atoms with Crippen LogP contribution >= 0.6 is 0 Å². The molecule has 0 fully saturated rings. The van der Waals surface area contributed by atoms with E-state index in [9.17, 15) is 0 Å². The summed E-state index contributed by atoms with van der Waals surface area (Å²) in [4.78, 5) is 0. The Balaban J connectivity index is 2.79. The molecule has 0 aromatic heterocycles. The number of hydrogen-bond acceptors (Lipinski definition) is 1. The summed E-state index contributed by atoms with van der Waals surface area (Å²) in [5.74, 6) is 0. The first-order valence-corrected chi connectivity index (χ1v) is 3.59. The summed E-state index contributed by atoms with van der Waals surface area (Å²) >= 11 is 0. The Morgan fingerprint density at radius 2 is 2.20 bits per heavy atom. The van der Waals surface area contributed by atoms with Crippen molar-refractivity contribution in [2.45, 2.75) is 19.8 Å². The fourth-order valence-electron chi connectivity index (χ4n) is 0.918. The molecule has 0 radical (unpaired) electrons. The standard InChI is InChI=1S/C9H13N/c1-8-6-4-2-3-5-7-9(8)10/h2-4,6H,5,7,10H2,1H3. The van der Waals surface area contributed by atoms with Gasteiger partial charge in [-0.15, -0.1) is 0 Å². The summed E-state index contributed by atoms with van der Waals surface area (Å²) in [6.45, 7) is 2.05. The molecule has 0 amide bonds. The van der Waals surface area contributed by atoms with Crippen molar-refractivity contribution < 1.29 is 0 Å². The van der Waals surface area contributed by atoms with Crippen molar-refractivity contribution in [3.63, 3.8) is 0 Å². The Kier molecular flexibility index (Phi) is 2.32. The van der Waals surface area contributed by atoms with Gasteiger partial charge in [0.2, 0.25) is 0 Å². The molecule has 54 valence electrons. The largest absolute Gasteiger partial charge is 0.402 e. The molecule has 0 unspecified atom stereocenters. The highest BCUT2D eigenvalue weighted by Gasteiger charge is 1.94. The van der Waals surface area contributed by atoms with Gasteiger partial charge >= 0.3 is 0 Å². The van der Waals surface area contributed by atoms with Crippen molar-refractivity contribution in [3.8, 4) is 0 Å². The van der Waals surface area contributed by atoms with E-state index in [1.807, 2.05) is 19.1 Å². The van der Waals surface area contributed by atoms with Gasteiger partial charge < -0.3 is 5.73 Å². The maximum atomic E-state index is 5.74. The lowest BCUT2D eigenvalue weighted by atomic mass is 10.1. The molecule has 0 aromatic rings. The van der Waals surface area contributed by atoms with Crippen LogP contribution in [0.5, 0.6) is 0 Å². The third-order valence-electron chi connectivity index (χ3n) is 1.68. The van der Waals surface area contributed by atoms with Crippen LogP contribution in [-0.4, -0.2) is 0 Å². The molecule has 10 heavy (non-hydrogen) atoms. The Morgan fingerprint density at radius 1 is 1.40 bits per heavy atom. The number of nitrogens with two attached hydrogens (primary N) is 1. The van der Waals surface area contributed by atoms with E-state index < -0.39 is 0 Å².